The van der Waals surface area contributed by atoms with Crippen molar-refractivity contribution < 1.29 is 22.3 Å². The molecule has 0 spiro atoms. The van der Waals surface area contributed by atoms with Gasteiger partial charge in [0.15, 0.2) is 0 Å². The van der Waals surface area contributed by atoms with Gasteiger partial charge < -0.3 is 9.64 Å². The first kappa shape index (κ1) is 23.7. The Morgan fingerprint density at radius 1 is 0.972 bits per heavy atom. The van der Waals surface area contributed by atoms with Crippen LogP contribution in [0.4, 0.5) is 10.1 Å². The van der Waals surface area contributed by atoms with Crippen molar-refractivity contribution in [2.24, 2.45) is 0 Å². The molecule has 9 heteroatoms. The predicted octanol–water partition coefficient (Wildman–Crippen LogP) is 4.86. The number of carbonyl (C=O) groups excluding carboxylic acids is 1. The number of sulfonamides is 1. The molecule has 1 aliphatic heterocycles. The number of halogens is 1. The number of anilines is 1. The van der Waals surface area contributed by atoms with Gasteiger partial charge in [0.2, 0.25) is 0 Å². The molecule has 0 aliphatic carbocycles. The van der Waals surface area contributed by atoms with Gasteiger partial charge in [-0.05, 0) is 48.5 Å². The van der Waals surface area contributed by atoms with Gasteiger partial charge in [-0.3, -0.25) is 14.5 Å². The van der Waals surface area contributed by atoms with Gasteiger partial charge in [-0.2, -0.15) is 0 Å². The van der Waals surface area contributed by atoms with Crippen molar-refractivity contribution >= 4 is 32.5 Å². The largest absolute Gasteiger partial charge is 0.488 e. The molecule has 1 amide bonds. The second-order valence-corrected chi connectivity index (χ2v) is 10.3. The summed E-state index contributed by atoms with van der Waals surface area (Å²) >= 11 is 0. The van der Waals surface area contributed by atoms with Crippen LogP contribution in [-0.2, 0) is 10.0 Å². The van der Waals surface area contributed by atoms with Crippen LogP contribution in [0, 0.1) is 5.82 Å². The Balaban J connectivity index is 1.23. The zero-order chi connectivity index (χ0) is 25.1. The van der Waals surface area contributed by atoms with Crippen LogP contribution in [0.1, 0.15) is 23.2 Å². The lowest BCUT2D eigenvalue weighted by atomic mass is 10.1. The summed E-state index contributed by atoms with van der Waals surface area (Å²) in [6, 6.07) is 20.8. The van der Waals surface area contributed by atoms with E-state index in [1.807, 2.05) is 30.3 Å². The van der Waals surface area contributed by atoms with Crippen LogP contribution in [0.25, 0.3) is 10.9 Å². The van der Waals surface area contributed by atoms with Gasteiger partial charge in [-0.15, -0.1) is 0 Å². The average molecular weight is 506 g/mol. The normalized spacial score (nSPS) is 14.5. The van der Waals surface area contributed by atoms with Gasteiger partial charge in [0.05, 0.1) is 4.90 Å². The fraction of sp³-hybridized carbons (Fsp3) is 0.185. The first-order chi connectivity index (χ1) is 17.4. The number of carbonyl (C=O) groups is 1. The van der Waals surface area contributed by atoms with Crippen molar-refractivity contribution in [2.45, 2.75) is 23.8 Å². The van der Waals surface area contributed by atoms with E-state index in [0.29, 0.717) is 31.5 Å². The van der Waals surface area contributed by atoms with E-state index in [4.69, 9.17) is 4.74 Å². The number of nitrogens with zero attached hydrogens (tertiary/aromatic N) is 2. The number of hydrogen-bond donors (Lipinski definition) is 1. The number of benzene rings is 3. The topological polar surface area (TPSA) is 88.6 Å². The third-order valence-electron chi connectivity index (χ3n) is 6.09. The fourth-order valence-electron chi connectivity index (χ4n) is 4.27. The van der Waals surface area contributed by atoms with E-state index < -0.39 is 15.8 Å². The second kappa shape index (κ2) is 9.94. The number of likely N-dealkylation sites (tertiary alicyclic amines) is 1. The van der Waals surface area contributed by atoms with E-state index in [-0.39, 0.29) is 22.6 Å². The molecule has 2 heterocycles. The number of aromatic nitrogens is 1. The molecule has 1 fully saturated rings. The molecule has 0 radical (unpaired) electrons. The number of rotatable bonds is 6. The van der Waals surface area contributed by atoms with Crippen molar-refractivity contribution in [2.75, 3.05) is 17.8 Å². The summed E-state index contributed by atoms with van der Waals surface area (Å²) in [5.74, 6) is -0.103. The van der Waals surface area contributed by atoms with Crippen molar-refractivity contribution in [3.8, 4) is 5.75 Å². The van der Waals surface area contributed by atoms with Crippen LogP contribution in [-0.4, -0.2) is 43.4 Å². The maximum atomic E-state index is 13.5. The van der Waals surface area contributed by atoms with Crippen LogP contribution < -0.4 is 9.46 Å². The highest BCUT2D eigenvalue weighted by molar-refractivity contribution is 7.92. The molecule has 3 aromatic carbocycles. The summed E-state index contributed by atoms with van der Waals surface area (Å²) in [6.07, 6.45) is 3.04. The van der Waals surface area contributed by atoms with Gasteiger partial charge in [-0.1, -0.05) is 30.3 Å². The highest BCUT2D eigenvalue weighted by atomic mass is 32.2. The zero-order valence-corrected chi connectivity index (χ0v) is 20.1. The van der Waals surface area contributed by atoms with E-state index in [9.17, 15) is 17.6 Å². The van der Waals surface area contributed by atoms with Gasteiger partial charge in [0, 0.05) is 48.8 Å². The maximum absolute atomic E-state index is 13.5. The second-order valence-electron chi connectivity index (χ2n) is 8.58. The summed E-state index contributed by atoms with van der Waals surface area (Å²) in [4.78, 5) is 19.1. The van der Waals surface area contributed by atoms with E-state index in [2.05, 4.69) is 9.71 Å². The predicted molar refractivity (Wildman–Crippen MR) is 135 cm³/mol. The molecule has 1 N–H and O–H groups in total. The molecular formula is C27H24FN3O4S. The molecule has 4 aromatic rings. The van der Waals surface area contributed by atoms with Crippen molar-refractivity contribution in [3.05, 3.63) is 96.4 Å². The van der Waals surface area contributed by atoms with Crippen LogP contribution in [0.3, 0.4) is 0 Å². The van der Waals surface area contributed by atoms with Crippen molar-refractivity contribution in [3.63, 3.8) is 0 Å². The van der Waals surface area contributed by atoms with Gasteiger partial charge >= 0.3 is 0 Å². The molecule has 1 saturated heterocycles. The Hall–Kier alpha value is -3.98. The van der Waals surface area contributed by atoms with Crippen LogP contribution in [0.5, 0.6) is 5.75 Å². The SMILES string of the molecule is O=C(c1cccc(NS(=O)(=O)c2cccc(F)c2)c1)N1CCC(Oc2cccc3cccnc23)CC1. The summed E-state index contributed by atoms with van der Waals surface area (Å²) < 4.78 is 47.3. The highest BCUT2D eigenvalue weighted by Crippen LogP contribution is 2.27. The molecule has 0 saturated carbocycles. The molecule has 5 rings (SSSR count). The summed E-state index contributed by atoms with van der Waals surface area (Å²) in [5, 5.41) is 1.01. The average Bonchev–Trinajstić information content (AvgIpc) is 2.89. The van der Waals surface area contributed by atoms with E-state index >= 15 is 0 Å². The molecule has 36 heavy (non-hydrogen) atoms. The van der Waals surface area contributed by atoms with Crippen LogP contribution >= 0.6 is 0 Å². The number of fused-ring (bicyclic) bond motifs is 1. The zero-order valence-electron chi connectivity index (χ0n) is 19.3. The summed E-state index contributed by atoms with van der Waals surface area (Å²) in [5.41, 5.74) is 1.41. The van der Waals surface area contributed by atoms with Crippen LogP contribution in [0.15, 0.2) is 90.0 Å². The fourth-order valence-corrected chi connectivity index (χ4v) is 5.35. The lowest BCUT2D eigenvalue weighted by Gasteiger charge is -2.32. The Morgan fingerprint density at radius 2 is 1.72 bits per heavy atom. The quantitative estimate of drug-likeness (QED) is 0.404. The Bertz CT molecular complexity index is 1510. The van der Waals surface area contributed by atoms with Gasteiger partial charge in [-0.25, -0.2) is 12.8 Å². The number of pyridine rings is 1. The summed E-state index contributed by atoms with van der Waals surface area (Å²) in [6.45, 7) is 1.03. The minimum absolute atomic E-state index is 0.0360. The molecule has 0 atom stereocenters. The lowest BCUT2D eigenvalue weighted by molar-refractivity contribution is 0.0597. The minimum Gasteiger partial charge on any atom is -0.488 e. The summed E-state index contributed by atoms with van der Waals surface area (Å²) in [7, 11) is -3.99. The molecule has 184 valence electrons. The first-order valence-corrected chi connectivity index (χ1v) is 13.1. The van der Waals surface area contributed by atoms with E-state index in [1.54, 1.807) is 29.3 Å². The number of para-hydroxylation sites is 1. The molecule has 1 aliphatic rings. The van der Waals surface area contributed by atoms with Crippen LogP contribution in [0.2, 0.25) is 0 Å². The highest BCUT2D eigenvalue weighted by Gasteiger charge is 2.26. The third-order valence-corrected chi connectivity index (χ3v) is 7.47. The number of amides is 1. The van der Waals surface area contributed by atoms with Gasteiger partial charge in [0.1, 0.15) is 23.2 Å². The molecular weight excluding hydrogens is 481 g/mol. The first-order valence-electron chi connectivity index (χ1n) is 11.6. The van der Waals surface area contributed by atoms with E-state index in [1.165, 1.54) is 24.3 Å². The Morgan fingerprint density at radius 3 is 2.53 bits per heavy atom. The molecule has 0 bridgehead atoms. The minimum atomic E-state index is -3.99. The lowest BCUT2D eigenvalue weighted by Crippen LogP contribution is -2.41. The Kier molecular flexibility index (Phi) is 6.56. The number of hydrogen-bond acceptors (Lipinski definition) is 5. The van der Waals surface area contributed by atoms with E-state index in [0.717, 1.165) is 22.7 Å². The standard InChI is InChI=1S/C27H24FN3O4S/c28-21-8-3-10-24(18-21)36(33,34)30-22-9-1-6-20(17-22)27(32)31-15-12-23(13-16-31)35-25-11-2-5-19-7-4-14-29-26(19)25/h1-11,14,17-18,23,30H,12-13,15-16H2. The maximum Gasteiger partial charge on any atom is 0.261 e. The monoisotopic (exact) mass is 505 g/mol. The molecule has 7 nitrogen and oxygen atoms in total. The Labute approximate surface area is 208 Å². The van der Waals surface area contributed by atoms with Crippen molar-refractivity contribution in [1.82, 2.24) is 9.88 Å². The smallest absolute Gasteiger partial charge is 0.261 e. The molecule has 1 aromatic heterocycles. The number of nitrogens with one attached hydrogen (secondary N) is 1. The number of piperidine rings is 1. The van der Waals surface area contributed by atoms with Gasteiger partial charge in [0.25, 0.3) is 15.9 Å². The number of ether oxygens (including phenoxy) is 1. The molecule has 0 unspecified atom stereocenters. The third kappa shape index (κ3) is 5.16. The van der Waals surface area contributed by atoms with Crippen molar-refractivity contribution in [1.29, 1.82) is 0 Å².